The molecule has 1 saturated carbocycles. The molecule has 0 saturated heterocycles. The largest absolute Gasteiger partial charge is 0.368 e. The van der Waals surface area contributed by atoms with Crippen LogP contribution in [-0.4, -0.2) is 42.0 Å². The second-order valence-electron chi connectivity index (χ2n) is 7.64. The van der Waals surface area contributed by atoms with Crippen LogP contribution in [0.3, 0.4) is 0 Å². The first-order valence-electron chi connectivity index (χ1n) is 7.31. The molecule has 0 bridgehead atoms. The van der Waals surface area contributed by atoms with Crippen LogP contribution in [0.1, 0.15) is 53.9 Å². The van der Waals surface area contributed by atoms with Crippen molar-refractivity contribution < 1.29 is 4.79 Å². The maximum atomic E-state index is 11.8. The average Bonchev–Trinajstić information content (AvgIpc) is 2.98. The first-order chi connectivity index (χ1) is 8.53. The van der Waals surface area contributed by atoms with Crippen LogP contribution in [-0.2, 0) is 4.79 Å². The van der Waals surface area contributed by atoms with E-state index in [1.165, 1.54) is 0 Å². The highest BCUT2D eigenvalue weighted by Gasteiger charge is 2.38. The quantitative estimate of drug-likeness (QED) is 0.740. The highest BCUT2D eigenvalue weighted by molar-refractivity contribution is 5.84. The molecule has 2 unspecified atom stereocenters. The normalized spacial score (nSPS) is 21.2. The van der Waals surface area contributed by atoms with Gasteiger partial charge in [0, 0.05) is 18.6 Å². The first-order valence-corrected chi connectivity index (χ1v) is 7.31. The van der Waals surface area contributed by atoms with Crippen LogP contribution in [0.25, 0.3) is 0 Å². The molecule has 0 spiro atoms. The summed E-state index contributed by atoms with van der Waals surface area (Å²) in [4.78, 5) is 14.1. The Hall–Kier alpha value is -0.610. The second-order valence-corrected chi connectivity index (χ2v) is 7.64. The number of nitrogens with one attached hydrogen (secondary N) is 1. The molecular weight excluding hydrogens is 238 g/mol. The van der Waals surface area contributed by atoms with Crippen LogP contribution in [0.15, 0.2) is 0 Å². The summed E-state index contributed by atoms with van der Waals surface area (Å²) >= 11 is 0. The van der Waals surface area contributed by atoms with E-state index in [0.717, 1.165) is 25.8 Å². The third kappa shape index (κ3) is 5.49. The molecule has 112 valence electrons. The molecule has 19 heavy (non-hydrogen) atoms. The Balaban J connectivity index is 2.59. The molecule has 0 aromatic heterocycles. The zero-order valence-corrected chi connectivity index (χ0v) is 13.4. The molecule has 3 N–H and O–H groups in total. The van der Waals surface area contributed by atoms with Crippen LogP contribution < -0.4 is 11.1 Å². The van der Waals surface area contributed by atoms with E-state index in [1.807, 2.05) is 6.92 Å². The van der Waals surface area contributed by atoms with Crippen molar-refractivity contribution in [3.05, 3.63) is 0 Å². The number of carbonyl (C=O) groups is 1. The van der Waals surface area contributed by atoms with Gasteiger partial charge in [-0.1, -0.05) is 20.8 Å². The molecule has 4 nitrogen and oxygen atoms in total. The SMILES string of the molecule is CC(CC(C)(NC1CC1)C(N)=O)N(C)CC(C)(C)C. The minimum Gasteiger partial charge on any atom is -0.368 e. The average molecular weight is 269 g/mol. The van der Waals surface area contributed by atoms with Crippen molar-refractivity contribution in [3.63, 3.8) is 0 Å². The minimum atomic E-state index is -0.591. The van der Waals surface area contributed by atoms with Gasteiger partial charge in [0.2, 0.25) is 5.91 Å². The lowest BCUT2D eigenvalue weighted by Gasteiger charge is -2.37. The zero-order chi connectivity index (χ0) is 14.8. The van der Waals surface area contributed by atoms with Crippen LogP contribution in [0.4, 0.5) is 0 Å². The van der Waals surface area contributed by atoms with Gasteiger partial charge in [0.25, 0.3) is 0 Å². The smallest absolute Gasteiger partial charge is 0.237 e. The Bertz CT molecular complexity index is 320. The highest BCUT2D eigenvalue weighted by Crippen LogP contribution is 2.26. The summed E-state index contributed by atoms with van der Waals surface area (Å²) < 4.78 is 0. The number of amides is 1. The standard InChI is InChI=1S/C15H31N3O/c1-11(18(6)10-14(2,3)4)9-15(5,13(16)19)17-12-7-8-12/h11-12,17H,7-10H2,1-6H3,(H2,16,19). The number of hydrogen-bond donors (Lipinski definition) is 2. The maximum absolute atomic E-state index is 11.8. The summed E-state index contributed by atoms with van der Waals surface area (Å²) in [6.45, 7) is 11.8. The van der Waals surface area contributed by atoms with Gasteiger partial charge in [0.15, 0.2) is 0 Å². The number of rotatable bonds is 7. The summed E-state index contributed by atoms with van der Waals surface area (Å²) in [6, 6.07) is 0.806. The van der Waals surface area contributed by atoms with Crippen LogP contribution in [0.5, 0.6) is 0 Å². The third-order valence-electron chi connectivity index (χ3n) is 3.82. The summed E-state index contributed by atoms with van der Waals surface area (Å²) in [5.41, 5.74) is 5.27. The molecule has 1 rings (SSSR count). The molecule has 2 atom stereocenters. The zero-order valence-electron chi connectivity index (χ0n) is 13.4. The lowest BCUT2D eigenvalue weighted by atomic mass is 9.90. The fourth-order valence-electron chi connectivity index (χ4n) is 2.56. The van der Waals surface area contributed by atoms with E-state index in [2.05, 4.69) is 45.0 Å². The van der Waals surface area contributed by atoms with Gasteiger partial charge in [-0.15, -0.1) is 0 Å². The second kappa shape index (κ2) is 5.80. The molecule has 1 fully saturated rings. The van der Waals surface area contributed by atoms with Gasteiger partial charge in [0.05, 0.1) is 5.54 Å². The molecule has 1 amide bonds. The van der Waals surface area contributed by atoms with Crippen LogP contribution in [0, 0.1) is 5.41 Å². The molecular formula is C15H31N3O. The topological polar surface area (TPSA) is 58.4 Å². The van der Waals surface area contributed by atoms with E-state index < -0.39 is 5.54 Å². The molecule has 0 heterocycles. The number of hydrogen-bond acceptors (Lipinski definition) is 3. The van der Waals surface area contributed by atoms with Crippen molar-refractivity contribution in [2.45, 2.75) is 71.5 Å². The van der Waals surface area contributed by atoms with E-state index in [9.17, 15) is 4.79 Å². The number of primary amides is 1. The van der Waals surface area contributed by atoms with Gasteiger partial charge in [-0.25, -0.2) is 0 Å². The summed E-state index contributed by atoms with van der Waals surface area (Å²) in [5, 5.41) is 3.41. The van der Waals surface area contributed by atoms with E-state index in [4.69, 9.17) is 5.73 Å². The molecule has 1 aliphatic carbocycles. The molecule has 4 heteroatoms. The van der Waals surface area contributed by atoms with Crippen molar-refractivity contribution >= 4 is 5.91 Å². The van der Waals surface area contributed by atoms with Crippen molar-refractivity contribution in [1.82, 2.24) is 10.2 Å². The third-order valence-corrected chi connectivity index (χ3v) is 3.82. The van der Waals surface area contributed by atoms with Crippen LogP contribution in [0.2, 0.25) is 0 Å². The van der Waals surface area contributed by atoms with Gasteiger partial charge in [-0.05, 0) is 45.6 Å². The lowest BCUT2D eigenvalue weighted by molar-refractivity contribution is -0.124. The van der Waals surface area contributed by atoms with Crippen molar-refractivity contribution in [3.8, 4) is 0 Å². The predicted octanol–water partition coefficient (Wildman–Crippen LogP) is 1.74. The monoisotopic (exact) mass is 269 g/mol. The summed E-state index contributed by atoms with van der Waals surface area (Å²) in [7, 11) is 2.12. The molecule has 1 aliphatic rings. The van der Waals surface area contributed by atoms with Gasteiger partial charge < -0.3 is 16.0 Å². The van der Waals surface area contributed by atoms with Crippen LogP contribution >= 0.6 is 0 Å². The van der Waals surface area contributed by atoms with Crippen molar-refractivity contribution in [2.24, 2.45) is 11.1 Å². The van der Waals surface area contributed by atoms with Crippen molar-refractivity contribution in [1.29, 1.82) is 0 Å². The van der Waals surface area contributed by atoms with Gasteiger partial charge in [-0.2, -0.15) is 0 Å². The van der Waals surface area contributed by atoms with Crippen molar-refractivity contribution in [2.75, 3.05) is 13.6 Å². The van der Waals surface area contributed by atoms with E-state index in [1.54, 1.807) is 0 Å². The number of nitrogens with two attached hydrogens (primary N) is 1. The maximum Gasteiger partial charge on any atom is 0.237 e. The summed E-state index contributed by atoms with van der Waals surface area (Å²) in [5.74, 6) is -0.240. The van der Waals surface area contributed by atoms with E-state index >= 15 is 0 Å². The lowest BCUT2D eigenvalue weighted by Crippen LogP contribution is -2.57. The Morgan fingerprint density at radius 3 is 2.26 bits per heavy atom. The Kier molecular flexibility index (Phi) is 5.02. The van der Waals surface area contributed by atoms with E-state index in [-0.39, 0.29) is 11.3 Å². The Morgan fingerprint density at radius 1 is 1.37 bits per heavy atom. The molecule has 0 radical (unpaired) electrons. The highest BCUT2D eigenvalue weighted by atomic mass is 16.1. The van der Waals surface area contributed by atoms with Gasteiger partial charge >= 0.3 is 0 Å². The molecule has 0 aromatic carbocycles. The Morgan fingerprint density at radius 2 is 1.89 bits per heavy atom. The first kappa shape index (κ1) is 16.4. The minimum absolute atomic E-state index is 0.240. The Labute approximate surface area is 118 Å². The van der Waals surface area contributed by atoms with Gasteiger partial charge in [0.1, 0.15) is 0 Å². The number of nitrogens with zero attached hydrogens (tertiary/aromatic N) is 1. The molecule has 0 aromatic rings. The predicted molar refractivity (Wildman–Crippen MR) is 79.9 cm³/mol. The summed E-state index contributed by atoms with van der Waals surface area (Å²) in [6.07, 6.45) is 3.08. The van der Waals surface area contributed by atoms with E-state index in [0.29, 0.717) is 12.1 Å². The fraction of sp³-hybridized carbons (Fsp3) is 0.933. The number of carbonyl (C=O) groups excluding carboxylic acids is 1. The molecule has 0 aliphatic heterocycles. The fourth-order valence-corrected chi connectivity index (χ4v) is 2.56. The van der Waals surface area contributed by atoms with Gasteiger partial charge in [-0.3, -0.25) is 4.79 Å².